The number of rotatable bonds is 5. The predicted octanol–water partition coefficient (Wildman–Crippen LogP) is 3.07. The van der Waals surface area contributed by atoms with Gasteiger partial charge in [0.15, 0.2) is 0 Å². The Morgan fingerprint density at radius 1 is 1.33 bits per heavy atom. The Bertz CT molecular complexity index is 652. The van der Waals surface area contributed by atoms with Gasteiger partial charge in [-0.2, -0.15) is 5.26 Å². The summed E-state index contributed by atoms with van der Waals surface area (Å²) in [5, 5.41) is 9.00. The lowest BCUT2D eigenvalue weighted by Crippen LogP contribution is -2.15. The van der Waals surface area contributed by atoms with Crippen molar-refractivity contribution in [2.75, 3.05) is 7.11 Å². The van der Waals surface area contributed by atoms with Crippen molar-refractivity contribution in [2.45, 2.75) is 26.4 Å². The highest BCUT2D eigenvalue weighted by Gasteiger charge is 2.12. The third-order valence-electron chi connectivity index (χ3n) is 3.63. The summed E-state index contributed by atoms with van der Waals surface area (Å²) in [4.78, 5) is 0. The first-order chi connectivity index (χ1) is 10.0. The van der Waals surface area contributed by atoms with E-state index in [1.54, 1.807) is 13.2 Å². The SMILES string of the molecule is COc1cc(Cn2ccc(C(N)C(C)C)c2)ccc1C#N. The normalized spacial score (nSPS) is 12.2. The van der Waals surface area contributed by atoms with Crippen LogP contribution in [0.2, 0.25) is 0 Å². The first-order valence-electron chi connectivity index (χ1n) is 7.03. The summed E-state index contributed by atoms with van der Waals surface area (Å²) in [6, 6.07) is 9.88. The van der Waals surface area contributed by atoms with Gasteiger partial charge in [-0.05, 0) is 35.2 Å². The van der Waals surface area contributed by atoms with Crippen LogP contribution in [0.25, 0.3) is 0 Å². The highest BCUT2D eigenvalue weighted by Crippen LogP contribution is 2.22. The van der Waals surface area contributed by atoms with E-state index in [9.17, 15) is 0 Å². The molecule has 0 fully saturated rings. The molecule has 0 saturated heterocycles. The van der Waals surface area contributed by atoms with Crippen LogP contribution in [0.1, 0.15) is 36.6 Å². The maximum atomic E-state index is 9.00. The molecule has 21 heavy (non-hydrogen) atoms. The molecule has 1 unspecified atom stereocenters. The van der Waals surface area contributed by atoms with Crippen molar-refractivity contribution in [1.29, 1.82) is 5.26 Å². The number of nitrogens with two attached hydrogens (primary N) is 1. The van der Waals surface area contributed by atoms with Gasteiger partial charge in [-0.25, -0.2) is 0 Å². The largest absolute Gasteiger partial charge is 0.495 e. The molecular weight excluding hydrogens is 262 g/mol. The number of hydrogen-bond donors (Lipinski definition) is 1. The van der Waals surface area contributed by atoms with Gasteiger partial charge in [0, 0.05) is 25.0 Å². The maximum absolute atomic E-state index is 9.00. The molecule has 0 saturated carbocycles. The number of nitriles is 1. The Hall–Kier alpha value is -2.25. The van der Waals surface area contributed by atoms with E-state index < -0.39 is 0 Å². The van der Waals surface area contributed by atoms with Crippen molar-refractivity contribution in [3.8, 4) is 11.8 Å². The maximum Gasteiger partial charge on any atom is 0.136 e. The average molecular weight is 283 g/mol. The van der Waals surface area contributed by atoms with Crippen molar-refractivity contribution in [3.05, 3.63) is 53.3 Å². The van der Waals surface area contributed by atoms with Crippen molar-refractivity contribution < 1.29 is 4.74 Å². The number of nitrogens with zero attached hydrogens (tertiary/aromatic N) is 2. The van der Waals surface area contributed by atoms with Crippen molar-refractivity contribution in [1.82, 2.24) is 4.57 Å². The van der Waals surface area contributed by atoms with Gasteiger partial charge in [0.2, 0.25) is 0 Å². The van der Waals surface area contributed by atoms with Crippen molar-refractivity contribution in [3.63, 3.8) is 0 Å². The van der Waals surface area contributed by atoms with Crippen LogP contribution in [-0.4, -0.2) is 11.7 Å². The predicted molar refractivity (Wildman–Crippen MR) is 83.0 cm³/mol. The Balaban J connectivity index is 2.17. The van der Waals surface area contributed by atoms with Gasteiger partial charge in [0.25, 0.3) is 0 Å². The van der Waals surface area contributed by atoms with E-state index in [0.29, 0.717) is 17.2 Å². The van der Waals surface area contributed by atoms with Gasteiger partial charge in [-0.15, -0.1) is 0 Å². The lowest BCUT2D eigenvalue weighted by molar-refractivity contribution is 0.413. The molecule has 0 bridgehead atoms. The molecular formula is C17H21N3O. The van der Waals surface area contributed by atoms with Crippen LogP contribution in [0.15, 0.2) is 36.7 Å². The van der Waals surface area contributed by atoms with Crippen LogP contribution in [-0.2, 0) is 6.54 Å². The lowest BCUT2D eigenvalue weighted by atomic mass is 10.00. The van der Waals surface area contributed by atoms with Gasteiger partial charge >= 0.3 is 0 Å². The molecule has 0 radical (unpaired) electrons. The molecule has 0 aliphatic carbocycles. The zero-order valence-corrected chi connectivity index (χ0v) is 12.7. The Morgan fingerprint density at radius 3 is 2.71 bits per heavy atom. The van der Waals surface area contributed by atoms with Crippen LogP contribution in [0.4, 0.5) is 0 Å². The molecule has 1 aromatic carbocycles. The summed E-state index contributed by atoms with van der Waals surface area (Å²) >= 11 is 0. The van der Waals surface area contributed by atoms with E-state index in [4.69, 9.17) is 15.7 Å². The summed E-state index contributed by atoms with van der Waals surface area (Å²) < 4.78 is 7.33. The van der Waals surface area contributed by atoms with Gasteiger partial charge in [-0.3, -0.25) is 0 Å². The third-order valence-corrected chi connectivity index (χ3v) is 3.63. The number of benzene rings is 1. The molecule has 0 spiro atoms. The molecule has 1 aromatic heterocycles. The second-order valence-electron chi connectivity index (χ2n) is 5.53. The van der Waals surface area contributed by atoms with Crippen molar-refractivity contribution >= 4 is 0 Å². The minimum Gasteiger partial charge on any atom is -0.495 e. The van der Waals surface area contributed by atoms with Gasteiger partial charge in [-0.1, -0.05) is 19.9 Å². The Kier molecular flexibility index (Phi) is 4.66. The Morgan fingerprint density at radius 2 is 2.10 bits per heavy atom. The second kappa shape index (κ2) is 6.47. The van der Waals surface area contributed by atoms with Gasteiger partial charge in [0.05, 0.1) is 12.7 Å². The second-order valence-corrected chi connectivity index (χ2v) is 5.53. The molecule has 1 heterocycles. The summed E-state index contributed by atoms with van der Waals surface area (Å²) in [6.45, 7) is 4.97. The summed E-state index contributed by atoms with van der Waals surface area (Å²) in [5.74, 6) is 1.03. The minimum absolute atomic E-state index is 0.0572. The number of ether oxygens (including phenoxy) is 1. The molecule has 4 heteroatoms. The van der Waals surface area contributed by atoms with E-state index in [2.05, 4.69) is 36.7 Å². The lowest BCUT2D eigenvalue weighted by Gasteiger charge is -2.13. The first kappa shape index (κ1) is 15.1. The molecule has 0 aliphatic rings. The fourth-order valence-corrected chi connectivity index (χ4v) is 2.28. The molecule has 0 aliphatic heterocycles. The summed E-state index contributed by atoms with van der Waals surface area (Å²) in [6.07, 6.45) is 4.11. The van der Waals surface area contributed by atoms with Crippen LogP contribution >= 0.6 is 0 Å². The van der Waals surface area contributed by atoms with Crippen LogP contribution in [0, 0.1) is 17.2 Å². The van der Waals surface area contributed by atoms with E-state index >= 15 is 0 Å². The molecule has 110 valence electrons. The fraction of sp³-hybridized carbons (Fsp3) is 0.353. The number of hydrogen-bond acceptors (Lipinski definition) is 3. The topological polar surface area (TPSA) is 64.0 Å². The molecule has 2 rings (SSSR count). The molecule has 4 nitrogen and oxygen atoms in total. The fourth-order valence-electron chi connectivity index (χ4n) is 2.28. The number of aromatic nitrogens is 1. The van der Waals surface area contributed by atoms with Gasteiger partial charge in [0.1, 0.15) is 11.8 Å². The molecule has 0 amide bonds. The summed E-state index contributed by atoms with van der Waals surface area (Å²) in [5.41, 5.74) is 8.94. The zero-order valence-electron chi connectivity index (χ0n) is 12.7. The number of methoxy groups -OCH3 is 1. The highest BCUT2D eigenvalue weighted by atomic mass is 16.5. The summed E-state index contributed by atoms with van der Waals surface area (Å²) in [7, 11) is 1.58. The molecule has 2 N–H and O–H groups in total. The van der Waals surface area contributed by atoms with E-state index in [-0.39, 0.29) is 6.04 Å². The third kappa shape index (κ3) is 3.45. The molecule has 1 atom stereocenters. The molecule has 2 aromatic rings. The van der Waals surface area contributed by atoms with Crippen molar-refractivity contribution in [2.24, 2.45) is 11.7 Å². The minimum atomic E-state index is 0.0572. The zero-order chi connectivity index (χ0) is 15.4. The smallest absolute Gasteiger partial charge is 0.136 e. The average Bonchev–Trinajstić information content (AvgIpc) is 2.94. The van der Waals surface area contributed by atoms with Crippen LogP contribution in [0.5, 0.6) is 5.75 Å². The van der Waals surface area contributed by atoms with E-state index in [1.165, 1.54) is 0 Å². The highest BCUT2D eigenvalue weighted by molar-refractivity contribution is 5.45. The van der Waals surface area contributed by atoms with Crippen LogP contribution < -0.4 is 10.5 Å². The standard InChI is InChI=1S/C17H21N3O/c1-12(2)17(19)15-6-7-20(11-15)10-13-4-5-14(9-18)16(8-13)21-3/h4-8,11-12,17H,10,19H2,1-3H3. The van der Waals surface area contributed by atoms with E-state index in [0.717, 1.165) is 17.7 Å². The first-order valence-corrected chi connectivity index (χ1v) is 7.03. The van der Waals surface area contributed by atoms with Gasteiger partial charge < -0.3 is 15.0 Å². The van der Waals surface area contributed by atoms with E-state index in [1.807, 2.05) is 18.3 Å². The Labute approximate surface area is 125 Å². The quantitative estimate of drug-likeness (QED) is 0.917. The van der Waals surface area contributed by atoms with Crippen LogP contribution in [0.3, 0.4) is 0 Å². The monoisotopic (exact) mass is 283 g/mol.